The third-order valence-electron chi connectivity index (χ3n) is 7.50. The van der Waals surface area contributed by atoms with Gasteiger partial charge >= 0.3 is 5.97 Å². The highest BCUT2D eigenvalue weighted by Crippen LogP contribution is 2.74. The van der Waals surface area contributed by atoms with Crippen LogP contribution in [0.2, 0.25) is 0 Å². The van der Waals surface area contributed by atoms with Gasteiger partial charge in [0.1, 0.15) is 0 Å². The number of cyclic esters (lactones) is 1. The number of ether oxygens (including phenoxy) is 1. The van der Waals surface area contributed by atoms with Gasteiger partial charge < -0.3 is 4.74 Å². The molecule has 1 heterocycles. The molecule has 0 aromatic carbocycles. The van der Waals surface area contributed by atoms with Crippen LogP contribution in [0.15, 0.2) is 0 Å². The second-order valence-electron chi connectivity index (χ2n) is 8.03. The highest BCUT2D eigenvalue weighted by Gasteiger charge is 2.69. The summed E-state index contributed by atoms with van der Waals surface area (Å²) in [5.41, 5.74) is 0.285. The zero-order valence-corrected chi connectivity index (χ0v) is 11.1. The van der Waals surface area contributed by atoms with Gasteiger partial charge in [0.15, 0.2) is 0 Å². The van der Waals surface area contributed by atoms with Crippen LogP contribution in [0.5, 0.6) is 0 Å². The fraction of sp³-hybridized carbons (Fsp3) is 0.938. The van der Waals surface area contributed by atoms with Gasteiger partial charge in [-0.25, -0.2) is 0 Å². The molecule has 1 aliphatic heterocycles. The van der Waals surface area contributed by atoms with Crippen molar-refractivity contribution in [2.75, 3.05) is 6.61 Å². The van der Waals surface area contributed by atoms with Gasteiger partial charge in [-0.15, -0.1) is 0 Å². The van der Waals surface area contributed by atoms with Gasteiger partial charge in [-0.05, 0) is 67.1 Å². The molecule has 0 radical (unpaired) electrons. The van der Waals surface area contributed by atoms with Crippen LogP contribution >= 0.6 is 0 Å². The zero-order valence-electron chi connectivity index (χ0n) is 11.1. The number of carbonyl (C=O) groups is 1. The van der Waals surface area contributed by atoms with Gasteiger partial charge in [0.05, 0.1) is 13.0 Å². The molecular weight excluding hydrogens is 224 g/mol. The SMILES string of the molecule is CC1CC2CC1[C@@H]1C2C2CC1C1(COC(=O)C1)C2. The van der Waals surface area contributed by atoms with E-state index in [1.165, 1.54) is 25.7 Å². The van der Waals surface area contributed by atoms with Crippen molar-refractivity contribution >= 4 is 5.97 Å². The molecule has 0 amide bonds. The number of rotatable bonds is 0. The maximum absolute atomic E-state index is 11.6. The number of carbonyl (C=O) groups excluding carboxylic acids is 1. The van der Waals surface area contributed by atoms with Gasteiger partial charge in [0, 0.05) is 5.41 Å². The van der Waals surface area contributed by atoms with Gasteiger partial charge in [0.25, 0.3) is 0 Å². The van der Waals surface area contributed by atoms with Gasteiger partial charge in [-0.3, -0.25) is 4.79 Å². The summed E-state index contributed by atoms with van der Waals surface area (Å²) in [6.07, 6.45) is 6.48. The van der Waals surface area contributed by atoms with E-state index in [0.717, 1.165) is 54.5 Å². The van der Waals surface area contributed by atoms with Crippen LogP contribution in [0.4, 0.5) is 0 Å². The summed E-state index contributed by atoms with van der Waals surface area (Å²) in [6, 6.07) is 0. The van der Waals surface area contributed by atoms with Gasteiger partial charge in [0.2, 0.25) is 0 Å². The summed E-state index contributed by atoms with van der Waals surface area (Å²) >= 11 is 0. The lowest BCUT2D eigenvalue weighted by Gasteiger charge is -2.44. The lowest BCUT2D eigenvalue weighted by molar-refractivity contribution is -0.137. The smallest absolute Gasteiger partial charge is 0.306 e. The van der Waals surface area contributed by atoms with Crippen LogP contribution in [0.1, 0.15) is 39.0 Å². The first-order valence-corrected chi connectivity index (χ1v) is 7.83. The van der Waals surface area contributed by atoms with E-state index in [4.69, 9.17) is 4.74 Å². The predicted octanol–water partition coefficient (Wildman–Crippen LogP) is 2.87. The molecule has 0 aromatic heterocycles. The molecule has 4 aliphatic carbocycles. The molecule has 5 fully saturated rings. The topological polar surface area (TPSA) is 26.3 Å². The Morgan fingerprint density at radius 3 is 2.83 bits per heavy atom. The maximum Gasteiger partial charge on any atom is 0.306 e. The highest BCUT2D eigenvalue weighted by atomic mass is 16.5. The van der Waals surface area contributed by atoms with E-state index in [0.29, 0.717) is 0 Å². The minimum Gasteiger partial charge on any atom is -0.465 e. The largest absolute Gasteiger partial charge is 0.465 e. The second kappa shape index (κ2) is 2.96. The Hall–Kier alpha value is -0.530. The van der Waals surface area contributed by atoms with Crippen molar-refractivity contribution in [3.63, 3.8) is 0 Å². The molecule has 7 unspecified atom stereocenters. The number of esters is 1. The second-order valence-corrected chi connectivity index (χ2v) is 8.03. The minimum absolute atomic E-state index is 0.0790. The van der Waals surface area contributed by atoms with E-state index in [1.807, 2.05) is 0 Å². The molecular formula is C16H22O2. The summed E-state index contributed by atoms with van der Waals surface area (Å²) in [5, 5.41) is 0. The fourth-order valence-corrected chi connectivity index (χ4v) is 7.22. The summed E-state index contributed by atoms with van der Waals surface area (Å²) in [7, 11) is 0. The molecule has 1 spiro atoms. The first-order chi connectivity index (χ1) is 8.68. The highest BCUT2D eigenvalue weighted by molar-refractivity contribution is 5.72. The fourth-order valence-electron chi connectivity index (χ4n) is 7.22. The molecule has 2 nitrogen and oxygen atoms in total. The first kappa shape index (κ1) is 10.3. The molecule has 5 rings (SSSR count). The summed E-state index contributed by atoms with van der Waals surface area (Å²) in [4.78, 5) is 11.6. The van der Waals surface area contributed by atoms with Crippen molar-refractivity contribution in [1.29, 1.82) is 0 Å². The van der Waals surface area contributed by atoms with Crippen LogP contribution in [0.3, 0.4) is 0 Å². The number of hydrogen-bond donors (Lipinski definition) is 0. The van der Waals surface area contributed by atoms with E-state index in [1.54, 1.807) is 0 Å². The zero-order chi connectivity index (χ0) is 12.1. The van der Waals surface area contributed by atoms with Gasteiger partial charge in [-0.1, -0.05) is 6.92 Å². The average molecular weight is 246 g/mol. The lowest BCUT2D eigenvalue weighted by atomic mass is 9.59. The summed E-state index contributed by atoms with van der Waals surface area (Å²) < 4.78 is 5.36. The van der Waals surface area contributed by atoms with E-state index in [-0.39, 0.29) is 11.4 Å². The van der Waals surface area contributed by atoms with E-state index in [2.05, 4.69) is 6.92 Å². The third kappa shape index (κ3) is 0.981. The molecule has 4 bridgehead atoms. The quantitative estimate of drug-likeness (QED) is 0.485. The van der Waals surface area contributed by atoms with Crippen LogP contribution in [-0.2, 0) is 9.53 Å². The van der Waals surface area contributed by atoms with Crippen molar-refractivity contribution in [2.24, 2.45) is 46.8 Å². The van der Waals surface area contributed by atoms with Crippen molar-refractivity contribution < 1.29 is 9.53 Å². The van der Waals surface area contributed by atoms with E-state index in [9.17, 15) is 4.79 Å². The Kier molecular flexibility index (Phi) is 1.69. The lowest BCUT2D eigenvalue weighted by Crippen LogP contribution is -2.41. The van der Waals surface area contributed by atoms with Crippen LogP contribution < -0.4 is 0 Å². The molecule has 4 saturated carbocycles. The Morgan fingerprint density at radius 1 is 1.17 bits per heavy atom. The predicted molar refractivity (Wildman–Crippen MR) is 66.6 cm³/mol. The van der Waals surface area contributed by atoms with Crippen LogP contribution in [0, 0.1) is 46.8 Å². The molecule has 1 saturated heterocycles. The summed E-state index contributed by atoms with van der Waals surface area (Å²) in [5.74, 6) is 6.84. The molecule has 18 heavy (non-hydrogen) atoms. The molecule has 0 N–H and O–H groups in total. The minimum atomic E-state index is 0.0790. The molecule has 98 valence electrons. The normalized spacial score (nSPS) is 63.8. The molecule has 8 atom stereocenters. The molecule has 5 aliphatic rings. The number of fused-ring (bicyclic) bond motifs is 10. The van der Waals surface area contributed by atoms with E-state index >= 15 is 0 Å². The average Bonchev–Trinajstić information content (AvgIpc) is 3.04. The van der Waals surface area contributed by atoms with E-state index < -0.39 is 0 Å². The molecule has 0 aromatic rings. The summed E-state index contributed by atoms with van der Waals surface area (Å²) in [6.45, 7) is 3.22. The Morgan fingerprint density at radius 2 is 2.06 bits per heavy atom. The molecule has 2 heteroatoms. The van der Waals surface area contributed by atoms with Crippen molar-refractivity contribution in [3.8, 4) is 0 Å². The van der Waals surface area contributed by atoms with Crippen molar-refractivity contribution in [2.45, 2.75) is 39.0 Å². The van der Waals surface area contributed by atoms with Crippen molar-refractivity contribution in [3.05, 3.63) is 0 Å². The third-order valence-corrected chi connectivity index (χ3v) is 7.50. The maximum atomic E-state index is 11.6. The Balaban J connectivity index is 1.53. The van der Waals surface area contributed by atoms with Gasteiger partial charge in [-0.2, -0.15) is 0 Å². The first-order valence-electron chi connectivity index (χ1n) is 7.83. The van der Waals surface area contributed by atoms with Crippen molar-refractivity contribution in [1.82, 2.24) is 0 Å². The monoisotopic (exact) mass is 246 g/mol. The Bertz CT molecular complexity index is 431. The standard InChI is InChI=1S/C16H22O2/c1-8-2-9-3-11(8)15-12-4-10(14(9)15)5-16(12)6-13(17)18-7-16/h8-12,14-15H,2-7H2,1H3/t8?,9?,10?,11?,12?,14?,15-,16?/m0/s1. The van der Waals surface area contributed by atoms with Crippen LogP contribution in [-0.4, -0.2) is 12.6 Å². The number of hydrogen-bond acceptors (Lipinski definition) is 2. The van der Waals surface area contributed by atoms with Crippen LogP contribution in [0.25, 0.3) is 0 Å². The Labute approximate surface area is 108 Å².